The van der Waals surface area contributed by atoms with Crippen LogP contribution in [0.3, 0.4) is 0 Å². The van der Waals surface area contributed by atoms with Crippen LogP contribution >= 0.6 is 11.3 Å². The van der Waals surface area contributed by atoms with Crippen molar-refractivity contribution in [2.24, 2.45) is 0 Å². The van der Waals surface area contributed by atoms with E-state index in [9.17, 15) is 0 Å². The maximum atomic E-state index is 5.68. The lowest BCUT2D eigenvalue weighted by Gasteiger charge is -2.05. The van der Waals surface area contributed by atoms with E-state index in [1.165, 1.54) is 0 Å². The van der Waals surface area contributed by atoms with Crippen molar-refractivity contribution in [3.8, 4) is 5.75 Å². The molecule has 0 saturated carbocycles. The van der Waals surface area contributed by atoms with Crippen LogP contribution in [0.4, 0.5) is 5.13 Å². The van der Waals surface area contributed by atoms with Crippen LogP contribution in [0.25, 0.3) is 0 Å². The number of ether oxygens (including phenoxy) is 2. The molecule has 19 heavy (non-hydrogen) atoms. The van der Waals surface area contributed by atoms with Crippen molar-refractivity contribution >= 4 is 16.5 Å². The fourth-order valence-electron chi connectivity index (χ4n) is 1.64. The predicted octanol–water partition coefficient (Wildman–Crippen LogP) is 3.30. The van der Waals surface area contributed by atoms with E-state index in [1.54, 1.807) is 18.4 Å². The lowest BCUT2D eigenvalue weighted by atomic mass is 10.2. The highest BCUT2D eigenvalue weighted by Crippen LogP contribution is 2.19. The standard InChI is InChI=1S/C14H18N2O2S/c1-3-15-14-16-8-13(19-14)10-18-9-11-5-4-6-12(7-11)17-2/h4-8H,3,9-10H2,1-2H3,(H,15,16). The van der Waals surface area contributed by atoms with Crippen LogP contribution in [0.2, 0.25) is 0 Å². The molecule has 102 valence electrons. The van der Waals surface area contributed by atoms with E-state index in [4.69, 9.17) is 9.47 Å². The Morgan fingerprint density at radius 1 is 1.32 bits per heavy atom. The number of rotatable bonds is 7. The van der Waals surface area contributed by atoms with E-state index in [0.29, 0.717) is 13.2 Å². The first-order chi connectivity index (χ1) is 9.31. The van der Waals surface area contributed by atoms with Crippen LogP contribution < -0.4 is 10.1 Å². The molecule has 0 unspecified atom stereocenters. The maximum absolute atomic E-state index is 5.68. The van der Waals surface area contributed by atoms with Crippen LogP contribution in [0, 0.1) is 0 Å². The second-order valence-electron chi connectivity index (χ2n) is 4.01. The monoisotopic (exact) mass is 278 g/mol. The number of benzene rings is 1. The van der Waals surface area contributed by atoms with Crippen molar-refractivity contribution < 1.29 is 9.47 Å². The van der Waals surface area contributed by atoms with Crippen molar-refractivity contribution in [2.75, 3.05) is 19.0 Å². The quantitative estimate of drug-likeness (QED) is 0.844. The third kappa shape index (κ3) is 4.22. The topological polar surface area (TPSA) is 43.4 Å². The van der Waals surface area contributed by atoms with E-state index in [1.807, 2.05) is 30.5 Å². The summed E-state index contributed by atoms with van der Waals surface area (Å²) in [7, 11) is 1.67. The Hall–Kier alpha value is -1.59. The molecule has 1 aromatic carbocycles. The summed E-state index contributed by atoms with van der Waals surface area (Å²) in [4.78, 5) is 5.39. The number of thiazole rings is 1. The fourth-order valence-corrected chi connectivity index (χ4v) is 2.46. The fraction of sp³-hybridized carbons (Fsp3) is 0.357. The molecule has 1 N–H and O–H groups in total. The molecule has 2 rings (SSSR count). The van der Waals surface area contributed by atoms with E-state index in [2.05, 4.69) is 17.2 Å². The number of hydrogen-bond acceptors (Lipinski definition) is 5. The molecule has 0 bridgehead atoms. The second-order valence-corrected chi connectivity index (χ2v) is 5.12. The normalized spacial score (nSPS) is 10.4. The van der Waals surface area contributed by atoms with Gasteiger partial charge in [-0.1, -0.05) is 23.5 Å². The Morgan fingerprint density at radius 2 is 2.21 bits per heavy atom. The van der Waals surface area contributed by atoms with Crippen LogP contribution in [0.1, 0.15) is 17.4 Å². The van der Waals surface area contributed by atoms with Gasteiger partial charge in [-0.15, -0.1) is 0 Å². The summed E-state index contributed by atoms with van der Waals surface area (Å²) in [5.74, 6) is 0.855. The van der Waals surface area contributed by atoms with Gasteiger partial charge in [-0.05, 0) is 24.6 Å². The first kappa shape index (κ1) is 13.8. The van der Waals surface area contributed by atoms with Gasteiger partial charge < -0.3 is 14.8 Å². The zero-order valence-corrected chi connectivity index (χ0v) is 12.0. The van der Waals surface area contributed by atoms with E-state index in [-0.39, 0.29) is 0 Å². The lowest BCUT2D eigenvalue weighted by molar-refractivity contribution is 0.109. The molecule has 4 nitrogen and oxygen atoms in total. The molecule has 0 spiro atoms. The third-order valence-corrected chi connectivity index (χ3v) is 3.46. The summed E-state index contributed by atoms with van der Waals surface area (Å²) in [6.45, 7) is 4.10. The zero-order chi connectivity index (χ0) is 13.5. The first-order valence-corrected chi connectivity index (χ1v) is 7.02. The highest BCUT2D eigenvalue weighted by atomic mass is 32.1. The highest BCUT2D eigenvalue weighted by molar-refractivity contribution is 7.15. The number of hydrogen-bond donors (Lipinski definition) is 1. The molecule has 0 atom stereocenters. The van der Waals surface area contributed by atoms with Crippen molar-refractivity contribution in [1.29, 1.82) is 0 Å². The molecule has 1 aromatic heterocycles. The van der Waals surface area contributed by atoms with Gasteiger partial charge in [-0.2, -0.15) is 0 Å². The van der Waals surface area contributed by atoms with E-state index >= 15 is 0 Å². The molecular weight excluding hydrogens is 260 g/mol. The van der Waals surface area contributed by atoms with Gasteiger partial charge in [0.15, 0.2) is 5.13 Å². The summed E-state index contributed by atoms with van der Waals surface area (Å²) in [5, 5.41) is 4.13. The van der Waals surface area contributed by atoms with Gasteiger partial charge in [0, 0.05) is 12.7 Å². The maximum Gasteiger partial charge on any atom is 0.182 e. The second kappa shape index (κ2) is 7.11. The Morgan fingerprint density at radius 3 is 3.00 bits per heavy atom. The SMILES string of the molecule is CCNc1ncc(COCc2cccc(OC)c2)s1. The number of anilines is 1. The molecule has 0 radical (unpaired) electrons. The van der Waals surface area contributed by atoms with Crippen molar-refractivity contribution in [2.45, 2.75) is 20.1 Å². The molecule has 0 amide bonds. The molecular formula is C14H18N2O2S. The summed E-state index contributed by atoms with van der Waals surface area (Å²) in [5.41, 5.74) is 1.11. The summed E-state index contributed by atoms with van der Waals surface area (Å²) >= 11 is 1.63. The molecule has 0 fully saturated rings. The minimum Gasteiger partial charge on any atom is -0.497 e. The van der Waals surface area contributed by atoms with Crippen molar-refractivity contribution in [1.82, 2.24) is 4.98 Å². The smallest absolute Gasteiger partial charge is 0.182 e. The van der Waals surface area contributed by atoms with Gasteiger partial charge >= 0.3 is 0 Å². The van der Waals surface area contributed by atoms with Gasteiger partial charge in [0.25, 0.3) is 0 Å². The number of aromatic nitrogens is 1. The minimum atomic E-state index is 0.575. The Labute approximate surface area is 117 Å². The van der Waals surface area contributed by atoms with Gasteiger partial charge in [-0.3, -0.25) is 0 Å². The first-order valence-electron chi connectivity index (χ1n) is 6.21. The average Bonchev–Trinajstić information content (AvgIpc) is 2.87. The summed E-state index contributed by atoms with van der Waals surface area (Å²) in [6.07, 6.45) is 1.86. The Kier molecular flexibility index (Phi) is 5.18. The van der Waals surface area contributed by atoms with Gasteiger partial charge in [0.05, 0.1) is 25.2 Å². The summed E-state index contributed by atoms with van der Waals surface area (Å²) < 4.78 is 10.9. The van der Waals surface area contributed by atoms with Gasteiger partial charge in [0.1, 0.15) is 5.75 Å². The van der Waals surface area contributed by atoms with E-state index < -0.39 is 0 Å². The lowest BCUT2D eigenvalue weighted by Crippen LogP contribution is -1.94. The molecule has 2 aromatic rings. The van der Waals surface area contributed by atoms with Crippen molar-refractivity contribution in [3.05, 3.63) is 40.9 Å². The Balaban J connectivity index is 1.81. The highest BCUT2D eigenvalue weighted by Gasteiger charge is 2.02. The molecule has 0 aliphatic heterocycles. The predicted molar refractivity (Wildman–Crippen MR) is 77.8 cm³/mol. The van der Waals surface area contributed by atoms with Crippen LogP contribution in [-0.4, -0.2) is 18.6 Å². The average molecular weight is 278 g/mol. The van der Waals surface area contributed by atoms with E-state index in [0.717, 1.165) is 27.9 Å². The summed E-state index contributed by atoms with van der Waals surface area (Å²) in [6, 6.07) is 7.90. The molecule has 5 heteroatoms. The zero-order valence-electron chi connectivity index (χ0n) is 11.2. The van der Waals surface area contributed by atoms with Gasteiger partial charge in [-0.25, -0.2) is 4.98 Å². The van der Waals surface area contributed by atoms with Gasteiger partial charge in [0.2, 0.25) is 0 Å². The Bertz CT molecular complexity index is 514. The molecule has 0 saturated heterocycles. The largest absolute Gasteiger partial charge is 0.497 e. The van der Waals surface area contributed by atoms with Crippen LogP contribution in [0.15, 0.2) is 30.5 Å². The number of nitrogens with zero attached hydrogens (tertiary/aromatic N) is 1. The molecule has 0 aliphatic carbocycles. The van der Waals surface area contributed by atoms with Crippen LogP contribution in [-0.2, 0) is 18.0 Å². The number of methoxy groups -OCH3 is 1. The van der Waals surface area contributed by atoms with Crippen LogP contribution in [0.5, 0.6) is 5.75 Å². The number of nitrogens with one attached hydrogen (secondary N) is 1. The minimum absolute atomic E-state index is 0.575. The van der Waals surface area contributed by atoms with Crippen molar-refractivity contribution in [3.63, 3.8) is 0 Å². The third-order valence-electron chi connectivity index (χ3n) is 2.53. The molecule has 0 aliphatic rings. The molecule has 1 heterocycles.